The van der Waals surface area contributed by atoms with E-state index in [2.05, 4.69) is 28.4 Å². The minimum atomic E-state index is -0.675. The highest BCUT2D eigenvalue weighted by atomic mass is 16.3. The van der Waals surface area contributed by atoms with Gasteiger partial charge < -0.3 is 21.1 Å². The third-order valence-corrected chi connectivity index (χ3v) is 5.02. The average Bonchev–Trinajstić information content (AvgIpc) is 3.08. The summed E-state index contributed by atoms with van der Waals surface area (Å²) in [6, 6.07) is 11.0. The van der Waals surface area contributed by atoms with Gasteiger partial charge in [0.1, 0.15) is 5.69 Å². The second kappa shape index (κ2) is 8.83. The smallest absolute Gasteiger partial charge is 0.224 e. The molecule has 1 aliphatic rings. The number of carbonyl (C=O) groups excluding carboxylic acids is 1. The molecule has 7 nitrogen and oxygen atoms in total. The van der Waals surface area contributed by atoms with Crippen molar-refractivity contribution in [2.75, 3.05) is 24.5 Å². The molecule has 0 spiro atoms. The van der Waals surface area contributed by atoms with E-state index in [4.69, 9.17) is 12.2 Å². The Bertz CT molecular complexity index is 845. The third-order valence-electron chi connectivity index (χ3n) is 5.02. The van der Waals surface area contributed by atoms with Gasteiger partial charge in [-0.3, -0.25) is 4.79 Å². The highest BCUT2D eigenvalue weighted by Crippen LogP contribution is 2.18. The van der Waals surface area contributed by atoms with Gasteiger partial charge in [-0.1, -0.05) is 31.2 Å². The predicted octanol–water partition coefficient (Wildman–Crippen LogP) is 0.429. The van der Waals surface area contributed by atoms with Gasteiger partial charge in [0, 0.05) is 13.1 Å². The highest BCUT2D eigenvalue weighted by molar-refractivity contribution is 5.79. The van der Waals surface area contributed by atoms with Crippen LogP contribution in [0.4, 0.5) is 5.82 Å². The first-order chi connectivity index (χ1) is 13.5. The molecular formula is C21H25N5O2. The number of hydrogen-bond donors (Lipinski definition) is 3. The Labute approximate surface area is 165 Å². The van der Waals surface area contributed by atoms with E-state index in [0.29, 0.717) is 37.1 Å². The number of carbonyl (C=O) groups is 1. The number of aliphatic hydroxyl groups is 1. The lowest BCUT2D eigenvalue weighted by atomic mass is 9.99. The summed E-state index contributed by atoms with van der Waals surface area (Å²) in [5, 5.41) is 21.2. The van der Waals surface area contributed by atoms with Gasteiger partial charge in [-0.2, -0.15) is 0 Å². The maximum absolute atomic E-state index is 12.4. The summed E-state index contributed by atoms with van der Waals surface area (Å²) >= 11 is 0. The van der Waals surface area contributed by atoms with Gasteiger partial charge in [0.25, 0.3) is 0 Å². The van der Waals surface area contributed by atoms with E-state index >= 15 is 0 Å². The van der Waals surface area contributed by atoms with Crippen molar-refractivity contribution in [1.29, 1.82) is 0 Å². The molecule has 7 heteroatoms. The fourth-order valence-electron chi connectivity index (χ4n) is 3.23. The van der Waals surface area contributed by atoms with Gasteiger partial charge in [-0.25, -0.2) is 0 Å². The van der Waals surface area contributed by atoms with Crippen LogP contribution < -0.4 is 16.0 Å². The largest absolute Gasteiger partial charge is 0.389 e. The summed E-state index contributed by atoms with van der Waals surface area (Å²) in [6.45, 7) is 3.50. The molecule has 1 aromatic carbocycles. The molecule has 146 valence electrons. The highest BCUT2D eigenvalue weighted by Gasteiger charge is 2.33. The molecular weight excluding hydrogens is 354 g/mol. The van der Waals surface area contributed by atoms with Gasteiger partial charge in [0.15, 0.2) is 5.82 Å². The van der Waals surface area contributed by atoms with Crippen molar-refractivity contribution in [3.8, 4) is 12.3 Å². The molecule has 0 aliphatic carbocycles. The van der Waals surface area contributed by atoms with Crippen LogP contribution in [0.5, 0.6) is 0 Å². The zero-order valence-corrected chi connectivity index (χ0v) is 15.9. The number of β-amino-alcohol motifs (C(OH)–C–C–N with tert-alkyl or cyclic N) is 1. The molecule has 1 aromatic heterocycles. The number of hydrogen-bond acceptors (Lipinski definition) is 6. The quantitative estimate of drug-likeness (QED) is 0.629. The van der Waals surface area contributed by atoms with Crippen molar-refractivity contribution >= 4 is 11.7 Å². The van der Waals surface area contributed by atoms with E-state index in [1.807, 2.05) is 29.2 Å². The first-order valence-electron chi connectivity index (χ1n) is 9.31. The molecule has 0 bridgehead atoms. The van der Waals surface area contributed by atoms with Crippen LogP contribution in [0.2, 0.25) is 0 Å². The number of aliphatic hydroxyl groups excluding tert-OH is 1. The van der Waals surface area contributed by atoms with Gasteiger partial charge >= 0.3 is 0 Å². The summed E-state index contributed by atoms with van der Waals surface area (Å²) < 4.78 is 0. The summed E-state index contributed by atoms with van der Waals surface area (Å²) in [5.74, 6) is 3.21. The number of terminal acetylenes is 1. The third kappa shape index (κ3) is 4.66. The summed E-state index contributed by atoms with van der Waals surface area (Å²) in [6.07, 6.45) is 4.87. The van der Waals surface area contributed by atoms with Gasteiger partial charge in [-0.05, 0) is 41.6 Å². The Balaban J connectivity index is 1.55. The maximum Gasteiger partial charge on any atom is 0.224 e. The van der Waals surface area contributed by atoms with E-state index in [1.54, 1.807) is 12.1 Å². The zero-order chi connectivity index (χ0) is 20.1. The van der Waals surface area contributed by atoms with Crippen LogP contribution in [-0.4, -0.2) is 53.0 Å². The van der Waals surface area contributed by atoms with Crippen molar-refractivity contribution in [1.82, 2.24) is 15.5 Å². The van der Waals surface area contributed by atoms with Crippen molar-refractivity contribution in [3.05, 3.63) is 53.2 Å². The molecule has 1 amide bonds. The van der Waals surface area contributed by atoms with Crippen LogP contribution in [0.15, 0.2) is 36.4 Å². The number of anilines is 1. The Hall–Kier alpha value is -2.95. The lowest BCUT2D eigenvalue weighted by Crippen LogP contribution is -2.43. The van der Waals surface area contributed by atoms with E-state index in [9.17, 15) is 9.90 Å². The number of nitrogens with two attached hydrogens (primary N) is 1. The number of aromatic nitrogens is 2. The average molecular weight is 379 g/mol. The lowest BCUT2D eigenvalue weighted by Gasteiger charge is -2.17. The fraction of sp³-hybridized carbons (Fsp3) is 0.381. The first kappa shape index (κ1) is 19.8. The summed E-state index contributed by atoms with van der Waals surface area (Å²) in [5.41, 5.74) is 8.22. The minimum absolute atomic E-state index is 0.126. The normalized spacial score (nSPS) is 19.9. The molecule has 1 saturated heterocycles. The zero-order valence-electron chi connectivity index (χ0n) is 15.9. The van der Waals surface area contributed by atoms with Gasteiger partial charge in [-0.15, -0.1) is 16.6 Å². The standard InChI is InChI=1S/C21H25N5O2/c1-3-17-8-9-20(25-24-17)26-12-18(19(27)13-26)23-21(28)10-15-4-6-16(7-5-15)14(2)11-22/h1,4-9,14,18-19,27H,10-13,22H2,2H3,(H,23,28)/t14?,18-,19-/m0/s1. The fourth-order valence-corrected chi connectivity index (χ4v) is 3.23. The first-order valence-corrected chi connectivity index (χ1v) is 9.31. The van der Waals surface area contributed by atoms with Crippen LogP contribution in [0.3, 0.4) is 0 Å². The van der Waals surface area contributed by atoms with Crippen LogP contribution in [0, 0.1) is 12.3 Å². The molecule has 3 rings (SSSR count). The van der Waals surface area contributed by atoms with Crippen LogP contribution >= 0.6 is 0 Å². The minimum Gasteiger partial charge on any atom is -0.389 e. The molecule has 0 saturated carbocycles. The molecule has 2 heterocycles. The number of benzene rings is 1. The predicted molar refractivity (Wildman–Crippen MR) is 108 cm³/mol. The van der Waals surface area contributed by atoms with E-state index in [0.717, 1.165) is 11.1 Å². The van der Waals surface area contributed by atoms with Crippen LogP contribution in [0.1, 0.15) is 29.7 Å². The van der Waals surface area contributed by atoms with E-state index < -0.39 is 6.10 Å². The second-order valence-corrected chi connectivity index (χ2v) is 7.12. The molecule has 1 fully saturated rings. The molecule has 1 aliphatic heterocycles. The Morgan fingerprint density at radius 3 is 2.68 bits per heavy atom. The van der Waals surface area contributed by atoms with E-state index in [-0.39, 0.29) is 18.4 Å². The number of rotatable bonds is 6. The lowest BCUT2D eigenvalue weighted by molar-refractivity contribution is -0.121. The molecule has 1 unspecified atom stereocenters. The topological polar surface area (TPSA) is 104 Å². The monoisotopic (exact) mass is 379 g/mol. The van der Waals surface area contributed by atoms with Crippen molar-refractivity contribution in [3.63, 3.8) is 0 Å². The van der Waals surface area contributed by atoms with Crippen molar-refractivity contribution in [2.24, 2.45) is 5.73 Å². The number of amides is 1. The van der Waals surface area contributed by atoms with Gasteiger partial charge in [0.2, 0.25) is 5.91 Å². The summed E-state index contributed by atoms with van der Waals surface area (Å²) in [4.78, 5) is 14.3. The molecule has 28 heavy (non-hydrogen) atoms. The number of nitrogens with zero attached hydrogens (tertiary/aromatic N) is 3. The second-order valence-electron chi connectivity index (χ2n) is 7.12. The molecule has 3 atom stereocenters. The van der Waals surface area contributed by atoms with Crippen molar-refractivity contribution < 1.29 is 9.90 Å². The molecule has 4 N–H and O–H groups in total. The summed E-state index contributed by atoms with van der Waals surface area (Å²) in [7, 11) is 0. The number of nitrogens with one attached hydrogen (secondary N) is 1. The Morgan fingerprint density at radius 1 is 1.32 bits per heavy atom. The Morgan fingerprint density at radius 2 is 2.07 bits per heavy atom. The van der Waals surface area contributed by atoms with Crippen molar-refractivity contribution in [2.45, 2.75) is 31.4 Å². The van der Waals surface area contributed by atoms with Crippen LogP contribution in [-0.2, 0) is 11.2 Å². The molecule has 0 radical (unpaired) electrons. The van der Waals surface area contributed by atoms with Crippen LogP contribution in [0.25, 0.3) is 0 Å². The maximum atomic E-state index is 12.4. The van der Waals surface area contributed by atoms with Gasteiger partial charge in [0.05, 0.1) is 18.6 Å². The molecule has 2 aromatic rings. The van der Waals surface area contributed by atoms with E-state index in [1.165, 1.54) is 0 Å². The SMILES string of the molecule is C#Cc1ccc(N2C[C@H](NC(=O)Cc3ccc(C(C)CN)cc3)[C@@H](O)C2)nn1. The Kier molecular flexibility index (Phi) is 6.24.